The maximum Gasteiger partial charge on any atom is 0.0594 e. The summed E-state index contributed by atoms with van der Waals surface area (Å²) in [6, 6.07) is 0.791. The molecular formula is C16H32N2O. The van der Waals surface area contributed by atoms with Crippen LogP contribution < -0.4 is 5.32 Å². The minimum atomic E-state index is 0.791. The number of rotatable bonds is 6. The van der Waals surface area contributed by atoms with Crippen molar-refractivity contribution in [2.45, 2.75) is 52.0 Å². The Bertz CT molecular complexity index is 231. The van der Waals surface area contributed by atoms with Crippen LogP contribution in [0.1, 0.15) is 46.0 Å². The van der Waals surface area contributed by atoms with E-state index >= 15 is 0 Å². The normalized spacial score (nSPS) is 29.8. The maximum atomic E-state index is 5.37. The predicted molar refractivity (Wildman–Crippen MR) is 80.5 cm³/mol. The lowest BCUT2D eigenvalue weighted by atomic mass is 9.80. The van der Waals surface area contributed by atoms with Gasteiger partial charge in [0.05, 0.1) is 13.2 Å². The molecule has 2 fully saturated rings. The van der Waals surface area contributed by atoms with Crippen molar-refractivity contribution in [2.24, 2.45) is 11.8 Å². The van der Waals surface area contributed by atoms with Gasteiger partial charge in [-0.3, -0.25) is 4.90 Å². The van der Waals surface area contributed by atoms with Crippen molar-refractivity contribution in [1.29, 1.82) is 0 Å². The first kappa shape index (κ1) is 15.3. The van der Waals surface area contributed by atoms with Gasteiger partial charge in [0.15, 0.2) is 0 Å². The highest BCUT2D eigenvalue weighted by Gasteiger charge is 2.22. The molecule has 2 rings (SSSR count). The van der Waals surface area contributed by atoms with Crippen LogP contribution in [0.25, 0.3) is 0 Å². The molecule has 1 saturated carbocycles. The van der Waals surface area contributed by atoms with Gasteiger partial charge in [-0.1, -0.05) is 13.8 Å². The van der Waals surface area contributed by atoms with E-state index in [2.05, 4.69) is 24.1 Å². The summed E-state index contributed by atoms with van der Waals surface area (Å²) in [6.45, 7) is 11.3. The lowest BCUT2D eigenvalue weighted by Crippen LogP contribution is -2.39. The standard InChI is InChI=1S/C16H32N2O/c1-14(2)15-4-6-16(7-5-15)17-8-3-9-18-10-12-19-13-11-18/h14-17H,3-13H2,1-2H3. The molecule has 1 heterocycles. The van der Waals surface area contributed by atoms with Crippen molar-refractivity contribution < 1.29 is 4.74 Å². The number of nitrogens with zero attached hydrogens (tertiary/aromatic N) is 1. The number of nitrogens with one attached hydrogen (secondary N) is 1. The van der Waals surface area contributed by atoms with Crippen molar-refractivity contribution in [3.05, 3.63) is 0 Å². The predicted octanol–water partition coefficient (Wildman–Crippen LogP) is 2.51. The fourth-order valence-electron chi connectivity index (χ4n) is 3.42. The zero-order valence-electron chi connectivity index (χ0n) is 12.9. The van der Waals surface area contributed by atoms with Gasteiger partial charge in [-0.15, -0.1) is 0 Å². The Labute approximate surface area is 119 Å². The van der Waals surface area contributed by atoms with Crippen molar-refractivity contribution in [2.75, 3.05) is 39.4 Å². The lowest BCUT2D eigenvalue weighted by Gasteiger charge is -2.32. The SMILES string of the molecule is CC(C)C1CCC(NCCCN2CCOCC2)CC1. The van der Waals surface area contributed by atoms with Crippen LogP contribution in [0.4, 0.5) is 0 Å². The largest absolute Gasteiger partial charge is 0.379 e. The van der Waals surface area contributed by atoms with E-state index in [1.54, 1.807) is 0 Å². The second kappa shape index (κ2) is 8.23. The zero-order chi connectivity index (χ0) is 13.5. The molecule has 2 aliphatic rings. The van der Waals surface area contributed by atoms with E-state index < -0.39 is 0 Å². The van der Waals surface area contributed by atoms with E-state index in [-0.39, 0.29) is 0 Å². The summed E-state index contributed by atoms with van der Waals surface area (Å²) in [5.41, 5.74) is 0. The van der Waals surface area contributed by atoms with Crippen LogP contribution >= 0.6 is 0 Å². The Balaban J connectivity index is 1.49. The molecular weight excluding hydrogens is 236 g/mol. The smallest absolute Gasteiger partial charge is 0.0594 e. The van der Waals surface area contributed by atoms with E-state index in [9.17, 15) is 0 Å². The average molecular weight is 268 g/mol. The Morgan fingerprint density at radius 1 is 1.11 bits per heavy atom. The molecule has 0 aromatic rings. The fraction of sp³-hybridized carbons (Fsp3) is 1.00. The maximum absolute atomic E-state index is 5.37. The monoisotopic (exact) mass is 268 g/mol. The van der Waals surface area contributed by atoms with Gasteiger partial charge in [-0.2, -0.15) is 0 Å². The number of hydrogen-bond acceptors (Lipinski definition) is 3. The molecule has 0 radical (unpaired) electrons. The molecule has 3 heteroatoms. The Kier molecular flexibility index (Phi) is 6.62. The summed E-state index contributed by atoms with van der Waals surface area (Å²) < 4.78 is 5.37. The van der Waals surface area contributed by atoms with Crippen molar-refractivity contribution in [3.8, 4) is 0 Å². The summed E-state index contributed by atoms with van der Waals surface area (Å²) >= 11 is 0. The summed E-state index contributed by atoms with van der Waals surface area (Å²) in [5, 5.41) is 3.76. The lowest BCUT2D eigenvalue weighted by molar-refractivity contribution is 0.0373. The van der Waals surface area contributed by atoms with Gasteiger partial charge in [0.1, 0.15) is 0 Å². The van der Waals surface area contributed by atoms with Gasteiger partial charge in [-0.25, -0.2) is 0 Å². The number of ether oxygens (including phenoxy) is 1. The van der Waals surface area contributed by atoms with Crippen molar-refractivity contribution in [3.63, 3.8) is 0 Å². The summed E-state index contributed by atoms with van der Waals surface area (Å²) in [7, 11) is 0. The first-order valence-electron chi connectivity index (χ1n) is 8.29. The fourth-order valence-corrected chi connectivity index (χ4v) is 3.42. The summed E-state index contributed by atoms with van der Waals surface area (Å²) in [6.07, 6.45) is 6.92. The highest BCUT2D eigenvalue weighted by atomic mass is 16.5. The molecule has 0 bridgehead atoms. The first-order valence-corrected chi connectivity index (χ1v) is 8.29. The third kappa shape index (κ3) is 5.41. The van der Waals surface area contributed by atoms with Gasteiger partial charge in [0.2, 0.25) is 0 Å². The van der Waals surface area contributed by atoms with Crippen LogP contribution in [0.5, 0.6) is 0 Å². The third-order valence-corrected chi connectivity index (χ3v) is 4.90. The van der Waals surface area contributed by atoms with Crippen LogP contribution in [0.3, 0.4) is 0 Å². The number of hydrogen-bond donors (Lipinski definition) is 1. The summed E-state index contributed by atoms with van der Waals surface area (Å²) in [5.74, 6) is 1.86. The molecule has 19 heavy (non-hydrogen) atoms. The second-order valence-corrected chi connectivity index (χ2v) is 6.62. The molecule has 1 aliphatic carbocycles. The second-order valence-electron chi connectivity index (χ2n) is 6.62. The van der Waals surface area contributed by atoms with Gasteiger partial charge < -0.3 is 10.1 Å². The highest BCUT2D eigenvalue weighted by Crippen LogP contribution is 2.29. The van der Waals surface area contributed by atoms with E-state index in [4.69, 9.17) is 4.74 Å². The van der Waals surface area contributed by atoms with Crippen LogP contribution in [-0.4, -0.2) is 50.3 Å². The minimum Gasteiger partial charge on any atom is -0.379 e. The van der Waals surface area contributed by atoms with E-state index in [1.165, 1.54) is 45.2 Å². The van der Waals surface area contributed by atoms with Crippen LogP contribution in [0, 0.1) is 11.8 Å². The molecule has 1 saturated heterocycles. The molecule has 0 unspecified atom stereocenters. The molecule has 0 amide bonds. The molecule has 112 valence electrons. The van der Waals surface area contributed by atoms with E-state index in [0.717, 1.165) is 44.2 Å². The van der Waals surface area contributed by atoms with E-state index in [0.29, 0.717) is 0 Å². The average Bonchev–Trinajstić information content (AvgIpc) is 2.45. The Hall–Kier alpha value is -0.120. The van der Waals surface area contributed by atoms with Crippen LogP contribution in [0.15, 0.2) is 0 Å². The topological polar surface area (TPSA) is 24.5 Å². The van der Waals surface area contributed by atoms with E-state index in [1.807, 2.05) is 0 Å². The Morgan fingerprint density at radius 2 is 1.79 bits per heavy atom. The van der Waals surface area contributed by atoms with Gasteiger partial charge in [-0.05, 0) is 57.0 Å². The van der Waals surface area contributed by atoms with Crippen LogP contribution in [0.2, 0.25) is 0 Å². The molecule has 0 aromatic heterocycles. The zero-order valence-corrected chi connectivity index (χ0v) is 12.9. The summed E-state index contributed by atoms with van der Waals surface area (Å²) in [4.78, 5) is 2.53. The molecule has 0 spiro atoms. The van der Waals surface area contributed by atoms with Gasteiger partial charge >= 0.3 is 0 Å². The molecule has 0 atom stereocenters. The first-order chi connectivity index (χ1) is 9.25. The molecule has 0 aromatic carbocycles. The number of morpholine rings is 1. The minimum absolute atomic E-state index is 0.791. The van der Waals surface area contributed by atoms with Gasteiger partial charge in [0, 0.05) is 19.1 Å². The Morgan fingerprint density at radius 3 is 2.42 bits per heavy atom. The molecule has 3 nitrogen and oxygen atoms in total. The van der Waals surface area contributed by atoms with Crippen molar-refractivity contribution >= 4 is 0 Å². The highest BCUT2D eigenvalue weighted by molar-refractivity contribution is 4.78. The van der Waals surface area contributed by atoms with Crippen molar-refractivity contribution in [1.82, 2.24) is 10.2 Å². The van der Waals surface area contributed by atoms with Crippen LogP contribution in [-0.2, 0) is 4.74 Å². The molecule has 1 N–H and O–H groups in total. The quantitative estimate of drug-likeness (QED) is 0.749. The van der Waals surface area contributed by atoms with Gasteiger partial charge in [0.25, 0.3) is 0 Å². The molecule has 1 aliphatic heterocycles. The third-order valence-electron chi connectivity index (χ3n) is 4.90.